The summed E-state index contributed by atoms with van der Waals surface area (Å²) in [4.78, 5) is 12.2. The molecule has 0 saturated carbocycles. The lowest BCUT2D eigenvalue weighted by Gasteiger charge is -2.14. The van der Waals surface area contributed by atoms with Crippen molar-refractivity contribution in [2.24, 2.45) is 0 Å². The van der Waals surface area contributed by atoms with Crippen LogP contribution < -0.4 is 24.2 Å². The standard InChI is InChI=1S/C23H21FN2O7S/c24-19-3-1-2-4-20(19)26-34(29,30)18-8-5-15(6-9-18)23(28)25-12-16(27)13-31-17-7-10-21-22(11-17)33-14-32-21/h1-11,16,26-27H,12-14H2,(H,25,28). The number of rotatable bonds is 9. The number of hydrogen-bond acceptors (Lipinski definition) is 7. The predicted octanol–water partition coefficient (Wildman–Crippen LogP) is 2.52. The summed E-state index contributed by atoms with van der Waals surface area (Å²) in [6.45, 7) is -0.0143. The van der Waals surface area contributed by atoms with E-state index >= 15 is 0 Å². The summed E-state index contributed by atoms with van der Waals surface area (Å²) in [6, 6.07) is 15.5. The molecule has 0 aromatic heterocycles. The van der Waals surface area contributed by atoms with Crippen LogP contribution in [0.5, 0.6) is 17.2 Å². The number of benzene rings is 3. The number of sulfonamides is 1. The second kappa shape index (κ2) is 9.98. The van der Waals surface area contributed by atoms with Crippen LogP contribution in [0.2, 0.25) is 0 Å². The van der Waals surface area contributed by atoms with E-state index in [2.05, 4.69) is 10.0 Å². The van der Waals surface area contributed by atoms with Gasteiger partial charge in [0.05, 0.1) is 10.6 Å². The van der Waals surface area contributed by atoms with Crippen molar-refractivity contribution in [2.75, 3.05) is 24.7 Å². The van der Waals surface area contributed by atoms with Crippen molar-refractivity contribution in [1.29, 1.82) is 0 Å². The molecule has 0 spiro atoms. The average Bonchev–Trinajstić information content (AvgIpc) is 3.30. The van der Waals surface area contributed by atoms with Crippen LogP contribution in [0.25, 0.3) is 0 Å². The van der Waals surface area contributed by atoms with Crippen molar-refractivity contribution in [3.05, 3.63) is 78.1 Å². The number of hydrogen-bond donors (Lipinski definition) is 3. The third-order valence-corrected chi connectivity index (χ3v) is 6.21. The maximum Gasteiger partial charge on any atom is 0.261 e. The van der Waals surface area contributed by atoms with Crippen LogP contribution >= 0.6 is 0 Å². The molecule has 3 aromatic rings. The molecular formula is C23H21FN2O7S. The fourth-order valence-electron chi connectivity index (χ4n) is 3.06. The first-order valence-corrected chi connectivity index (χ1v) is 11.7. The second-order valence-electron chi connectivity index (χ2n) is 7.30. The van der Waals surface area contributed by atoms with Crippen molar-refractivity contribution in [3.63, 3.8) is 0 Å². The van der Waals surface area contributed by atoms with Gasteiger partial charge in [0.1, 0.15) is 24.3 Å². The minimum Gasteiger partial charge on any atom is -0.491 e. The zero-order chi connectivity index (χ0) is 24.1. The zero-order valence-corrected chi connectivity index (χ0v) is 18.5. The number of aliphatic hydroxyl groups excluding tert-OH is 1. The number of fused-ring (bicyclic) bond motifs is 1. The maximum atomic E-state index is 13.7. The van der Waals surface area contributed by atoms with Gasteiger partial charge in [-0.2, -0.15) is 0 Å². The summed E-state index contributed by atoms with van der Waals surface area (Å²) >= 11 is 0. The molecule has 3 N–H and O–H groups in total. The number of para-hydroxylation sites is 1. The molecule has 0 aliphatic carbocycles. The highest BCUT2D eigenvalue weighted by Gasteiger charge is 2.18. The third-order valence-electron chi connectivity index (χ3n) is 4.83. The Balaban J connectivity index is 1.28. The predicted molar refractivity (Wildman–Crippen MR) is 120 cm³/mol. The van der Waals surface area contributed by atoms with Gasteiger partial charge in [-0.3, -0.25) is 9.52 Å². The topological polar surface area (TPSA) is 123 Å². The molecule has 178 valence electrons. The van der Waals surface area contributed by atoms with Crippen LogP contribution in [0.4, 0.5) is 10.1 Å². The molecule has 1 unspecified atom stereocenters. The Hall–Kier alpha value is -3.83. The van der Waals surface area contributed by atoms with E-state index in [1.54, 1.807) is 18.2 Å². The molecule has 34 heavy (non-hydrogen) atoms. The SMILES string of the molecule is O=C(NCC(O)COc1ccc2c(c1)OCO2)c1ccc(S(=O)(=O)Nc2ccccc2F)cc1. The van der Waals surface area contributed by atoms with Gasteiger partial charge in [0.2, 0.25) is 6.79 Å². The number of carbonyl (C=O) groups excluding carboxylic acids is 1. The van der Waals surface area contributed by atoms with Crippen molar-refractivity contribution in [1.82, 2.24) is 5.32 Å². The Labute approximate surface area is 195 Å². The van der Waals surface area contributed by atoms with Gasteiger partial charge in [-0.05, 0) is 48.5 Å². The van der Waals surface area contributed by atoms with E-state index in [1.807, 2.05) is 0 Å². The fourth-order valence-corrected chi connectivity index (χ4v) is 4.13. The van der Waals surface area contributed by atoms with Crippen molar-refractivity contribution < 1.29 is 36.9 Å². The van der Waals surface area contributed by atoms with Crippen molar-refractivity contribution >= 4 is 21.6 Å². The van der Waals surface area contributed by atoms with Gasteiger partial charge in [0.25, 0.3) is 15.9 Å². The Kier molecular flexibility index (Phi) is 6.85. The lowest BCUT2D eigenvalue weighted by atomic mass is 10.2. The number of ether oxygens (including phenoxy) is 3. The van der Waals surface area contributed by atoms with E-state index in [-0.39, 0.29) is 36.1 Å². The van der Waals surface area contributed by atoms with Gasteiger partial charge in [-0.15, -0.1) is 0 Å². The number of anilines is 1. The molecule has 0 bridgehead atoms. The number of amides is 1. The van der Waals surface area contributed by atoms with Gasteiger partial charge >= 0.3 is 0 Å². The largest absolute Gasteiger partial charge is 0.491 e. The highest BCUT2D eigenvalue weighted by atomic mass is 32.2. The molecule has 9 nitrogen and oxygen atoms in total. The van der Waals surface area contributed by atoms with Gasteiger partial charge in [-0.25, -0.2) is 12.8 Å². The summed E-state index contributed by atoms with van der Waals surface area (Å²) in [6.07, 6.45) is -0.987. The molecule has 1 heterocycles. The lowest BCUT2D eigenvalue weighted by molar-refractivity contribution is 0.0843. The quantitative estimate of drug-likeness (QED) is 0.423. The molecule has 1 atom stereocenters. The molecule has 3 aromatic carbocycles. The highest BCUT2D eigenvalue weighted by molar-refractivity contribution is 7.92. The molecule has 0 radical (unpaired) electrons. The summed E-state index contributed by atoms with van der Waals surface area (Å²) < 4.78 is 56.8. The van der Waals surface area contributed by atoms with Crippen LogP contribution in [0, 0.1) is 5.82 Å². The Morgan fingerprint density at radius 1 is 1.06 bits per heavy atom. The van der Waals surface area contributed by atoms with Crippen LogP contribution in [-0.2, 0) is 10.0 Å². The molecular weight excluding hydrogens is 467 g/mol. The van der Waals surface area contributed by atoms with E-state index in [0.29, 0.717) is 17.2 Å². The molecule has 11 heteroatoms. The molecule has 0 saturated heterocycles. The first kappa shape index (κ1) is 23.3. The maximum absolute atomic E-state index is 13.7. The second-order valence-corrected chi connectivity index (χ2v) is 8.98. The summed E-state index contributed by atoms with van der Waals surface area (Å²) in [5.74, 6) is 0.434. The zero-order valence-electron chi connectivity index (χ0n) is 17.7. The molecule has 1 aliphatic rings. The molecule has 1 amide bonds. The Morgan fingerprint density at radius 3 is 2.56 bits per heavy atom. The van der Waals surface area contributed by atoms with Gasteiger partial charge in [0.15, 0.2) is 11.5 Å². The molecule has 4 rings (SSSR count). The normalized spacial score (nSPS) is 13.2. The minimum absolute atomic E-state index is 0.0706. The molecule has 0 fully saturated rings. The summed E-state index contributed by atoms with van der Waals surface area (Å²) in [5, 5.41) is 12.7. The van der Waals surface area contributed by atoms with E-state index < -0.39 is 27.9 Å². The Morgan fingerprint density at radius 2 is 1.79 bits per heavy atom. The number of nitrogens with one attached hydrogen (secondary N) is 2. The van der Waals surface area contributed by atoms with E-state index in [1.165, 1.54) is 42.5 Å². The first-order chi connectivity index (χ1) is 16.3. The van der Waals surface area contributed by atoms with Gasteiger partial charge < -0.3 is 24.6 Å². The van der Waals surface area contributed by atoms with Crippen molar-refractivity contribution in [3.8, 4) is 17.2 Å². The van der Waals surface area contributed by atoms with Crippen LogP contribution in [-0.4, -0.2) is 45.5 Å². The minimum atomic E-state index is -4.04. The third kappa shape index (κ3) is 5.56. The number of aliphatic hydroxyl groups is 1. The average molecular weight is 488 g/mol. The van der Waals surface area contributed by atoms with Crippen LogP contribution in [0.15, 0.2) is 71.6 Å². The highest BCUT2D eigenvalue weighted by Crippen LogP contribution is 2.35. The number of halogens is 1. The van der Waals surface area contributed by atoms with E-state index in [0.717, 1.165) is 6.07 Å². The monoisotopic (exact) mass is 488 g/mol. The fraction of sp³-hybridized carbons (Fsp3) is 0.174. The number of carbonyl (C=O) groups is 1. The first-order valence-electron chi connectivity index (χ1n) is 10.2. The van der Waals surface area contributed by atoms with Crippen LogP contribution in [0.3, 0.4) is 0 Å². The lowest BCUT2D eigenvalue weighted by Crippen LogP contribution is -2.35. The van der Waals surface area contributed by atoms with Gasteiger partial charge in [0, 0.05) is 18.2 Å². The van der Waals surface area contributed by atoms with E-state index in [4.69, 9.17) is 14.2 Å². The van der Waals surface area contributed by atoms with Gasteiger partial charge in [-0.1, -0.05) is 12.1 Å². The summed E-state index contributed by atoms with van der Waals surface area (Å²) in [7, 11) is -4.04. The van der Waals surface area contributed by atoms with Crippen LogP contribution in [0.1, 0.15) is 10.4 Å². The van der Waals surface area contributed by atoms with Crippen molar-refractivity contribution in [2.45, 2.75) is 11.0 Å². The summed E-state index contributed by atoms with van der Waals surface area (Å²) in [5.41, 5.74) is 0.00926. The Bertz CT molecular complexity index is 1280. The smallest absolute Gasteiger partial charge is 0.261 e. The molecule has 1 aliphatic heterocycles. The van der Waals surface area contributed by atoms with E-state index in [9.17, 15) is 22.7 Å².